The summed E-state index contributed by atoms with van der Waals surface area (Å²) in [7, 11) is -3.79. The predicted molar refractivity (Wildman–Crippen MR) is 88.1 cm³/mol. The number of aliphatic carboxylic acids is 1. The lowest BCUT2D eigenvalue weighted by Crippen LogP contribution is -2.17. The van der Waals surface area contributed by atoms with Gasteiger partial charge in [-0.15, -0.1) is 0 Å². The fourth-order valence-corrected chi connectivity index (χ4v) is 3.34. The SMILES string of the molecule is O=C(O)CS(=O)(=O)Cc1ccccc1Oc1ccc(Cl)c(Cl)c1. The van der Waals surface area contributed by atoms with E-state index in [2.05, 4.69) is 0 Å². The van der Waals surface area contributed by atoms with Crippen LogP contribution in [0.3, 0.4) is 0 Å². The molecule has 0 fully saturated rings. The third-order valence-electron chi connectivity index (χ3n) is 2.81. The van der Waals surface area contributed by atoms with Crippen molar-refractivity contribution in [2.75, 3.05) is 5.75 Å². The number of carboxylic acid groups (broad SMARTS) is 1. The highest BCUT2D eigenvalue weighted by molar-refractivity contribution is 7.91. The summed E-state index contributed by atoms with van der Waals surface area (Å²) in [6, 6.07) is 11.1. The van der Waals surface area contributed by atoms with E-state index in [9.17, 15) is 13.2 Å². The maximum atomic E-state index is 11.8. The number of rotatable bonds is 6. The van der Waals surface area contributed by atoms with Crippen molar-refractivity contribution in [2.24, 2.45) is 0 Å². The fourth-order valence-electron chi connectivity index (χ4n) is 1.87. The molecule has 0 saturated carbocycles. The lowest BCUT2D eigenvalue weighted by atomic mass is 10.2. The van der Waals surface area contributed by atoms with Gasteiger partial charge in [0.15, 0.2) is 9.84 Å². The number of sulfone groups is 1. The minimum Gasteiger partial charge on any atom is -0.480 e. The Bertz CT molecular complexity index is 834. The first kappa shape index (κ1) is 17.6. The minimum atomic E-state index is -3.79. The van der Waals surface area contributed by atoms with Crippen LogP contribution in [0.25, 0.3) is 0 Å². The number of ether oxygens (including phenoxy) is 1. The highest BCUT2D eigenvalue weighted by Gasteiger charge is 2.19. The second-order valence-corrected chi connectivity index (χ2v) is 7.59. The molecule has 0 aliphatic carbocycles. The lowest BCUT2D eigenvalue weighted by Gasteiger charge is -2.11. The summed E-state index contributed by atoms with van der Waals surface area (Å²) in [5.74, 6) is -2.07. The molecule has 0 bridgehead atoms. The Kier molecular flexibility index (Phi) is 5.51. The molecule has 23 heavy (non-hydrogen) atoms. The molecule has 0 aromatic heterocycles. The van der Waals surface area contributed by atoms with Crippen LogP contribution in [0.15, 0.2) is 42.5 Å². The minimum absolute atomic E-state index is 0.305. The molecule has 0 saturated heterocycles. The van der Waals surface area contributed by atoms with Crippen molar-refractivity contribution >= 4 is 39.0 Å². The molecule has 0 aliphatic rings. The molecule has 1 N–H and O–H groups in total. The lowest BCUT2D eigenvalue weighted by molar-refractivity contribution is -0.134. The van der Waals surface area contributed by atoms with Gasteiger partial charge in [-0.25, -0.2) is 8.42 Å². The van der Waals surface area contributed by atoms with Crippen LogP contribution in [0.4, 0.5) is 0 Å². The van der Waals surface area contributed by atoms with Crippen molar-refractivity contribution in [1.82, 2.24) is 0 Å². The van der Waals surface area contributed by atoms with Gasteiger partial charge in [0.2, 0.25) is 0 Å². The third kappa shape index (κ3) is 5.13. The Morgan fingerprint density at radius 3 is 2.43 bits per heavy atom. The standard InChI is InChI=1S/C15H12Cl2O5S/c16-12-6-5-11(7-13(12)17)22-14-4-2-1-3-10(14)8-23(20,21)9-15(18)19/h1-7H,8-9H2,(H,18,19). The van der Waals surface area contributed by atoms with E-state index in [1.165, 1.54) is 6.07 Å². The maximum absolute atomic E-state index is 11.8. The summed E-state index contributed by atoms with van der Waals surface area (Å²) in [5.41, 5.74) is 0.361. The quantitative estimate of drug-likeness (QED) is 0.831. The van der Waals surface area contributed by atoms with Gasteiger partial charge in [-0.2, -0.15) is 0 Å². The van der Waals surface area contributed by atoms with Crippen molar-refractivity contribution in [2.45, 2.75) is 5.75 Å². The summed E-state index contributed by atoms with van der Waals surface area (Å²) < 4.78 is 29.3. The summed E-state index contributed by atoms with van der Waals surface area (Å²) in [6.45, 7) is 0. The first-order chi connectivity index (χ1) is 10.8. The van der Waals surface area contributed by atoms with Crippen LogP contribution in [0, 0.1) is 0 Å². The van der Waals surface area contributed by atoms with E-state index in [1.54, 1.807) is 36.4 Å². The molecule has 0 spiro atoms. The molecular weight excluding hydrogens is 363 g/mol. The zero-order valence-corrected chi connectivity index (χ0v) is 14.0. The molecule has 0 aliphatic heterocycles. The Balaban J connectivity index is 2.27. The summed E-state index contributed by atoms with van der Waals surface area (Å²) in [4.78, 5) is 10.6. The van der Waals surface area contributed by atoms with Gasteiger partial charge in [-0.1, -0.05) is 41.4 Å². The Morgan fingerprint density at radius 1 is 1.09 bits per heavy atom. The number of hydrogen-bond donors (Lipinski definition) is 1. The first-order valence-electron chi connectivity index (χ1n) is 6.40. The fraction of sp³-hybridized carbons (Fsp3) is 0.133. The number of benzene rings is 2. The number of halogens is 2. The molecule has 0 amide bonds. The molecule has 5 nitrogen and oxygen atoms in total. The van der Waals surface area contributed by atoms with Crippen molar-refractivity contribution in [3.63, 3.8) is 0 Å². The topological polar surface area (TPSA) is 80.7 Å². The van der Waals surface area contributed by atoms with Gasteiger partial charge < -0.3 is 9.84 Å². The van der Waals surface area contributed by atoms with Crippen LogP contribution in [-0.2, 0) is 20.4 Å². The predicted octanol–water partition coefficient (Wildman–Crippen LogP) is 3.79. The Labute approximate surface area is 143 Å². The summed E-state index contributed by atoms with van der Waals surface area (Å²) in [5, 5.41) is 9.33. The van der Waals surface area contributed by atoms with E-state index in [1.807, 2.05) is 0 Å². The monoisotopic (exact) mass is 374 g/mol. The smallest absolute Gasteiger partial charge is 0.318 e. The average Bonchev–Trinajstić information content (AvgIpc) is 2.43. The van der Waals surface area contributed by atoms with Crippen LogP contribution >= 0.6 is 23.2 Å². The van der Waals surface area contributed by atoms with E-state index in [0.717, 1.165) is 0 Å². The number of para-hydroxylation sites is 1. The largest absolute Gasteiger partial charge is 0.480 e. The van der Waals surface area contributed by atoms with E-state index in [4.69, 9.17) is 33.0 Å². The third-order valence-corrected chi connectivity index (χ3v) is 4.99. The highest BCUT2D eigenvalue weighted by atomic mass is 35.5. The van der Waals surface area contributed by atoms with Crippen molar-refractivity contribution in [3.8, 4) is 11.5 Å². The van der Waals surface area contributed by atoms with Crippen LogP contribution < -0.4 is 4.74 Å². The molecule has 0 radical (unpaired) electrons. The summed E-state index contributed by atoms with van der Waals surface area (Å²) in [6.07, 6.45) is 0. The zero-order valence-electron chi connectivity index (χ0n) is 11.7. The van der Waals surface area contributed by atoms with Gasteiger partial charge in [0.1, 0.15) is 17.3 Å². The van der Waals surface area contributed by atoms with Gasteiger partial charge in [-0.05, 0) is 18.2 Å². The Hall–Kier alpha value is -1.76. The van der Waals surface area contributed by atoms with Crippen molar-refractivity contribution in [1.29, 1.82) is 0 Å². The van der Waals surface area contributed by atoms with Crippen LogP contribution in [0.2, 0.25) is 10.0 Å². The molecule has 2 aromatic carbocycles. The average molecular weight is 375 g/mol. The molecular formula is C15H12Cl2O5S. The van der Waals surface area contributed by atoms with Gasteiger partial charge in [0, 0.05) is 11.6 Å². The molecule has 0 heterocycles. The number of carboxylic acids is 1. The van der Waals surface area contributed by atoms with Gasteiger partial charge >= 0.3 is 5.97 Å². The second kappa shape index (κ2) is 7.21. The van der Waals surface area contributed by atoms with Crippen LogP contribution in [-0.4, -0.2) is 25.2 Å². The summed E-state index contributed by atoms with van der Waals surface area (Å²) >= 11 is 11.7. The molecule has 122 valence electrons. The van der Waals surface area contributed by atoms with Crippen LogP contribution in [0.5, 0.6) is 11.5 Å². The van der Waals surface area contributed by atoms with E-state index >= 15 is 0 Å². The first-order valence-corrected chi connectivity index (χ1v) is 8.97. The van der Waals surface area contributed by atoms with E-state index in [0.29, 0.717) is 27.1 Å². The van der Waals surface area contributed by atoms with Gasteiger partial charge in [0.25, 0.3) is 0 Å². The Morgan fingerprint density at radius 2 is 1.78 bits per heavy atom. The highest BCUT2D eigenvalue weighted by Crippen LogP contribution is 2.31. The van der Waals surface area contributed by atoms with E-state index < -0.39 is 27.3 Å². The van der Waals surface area contributed by atoms with Crippen molar-refractivity contribution in [3.05, 3.63) is 58.1 Å². The maximum Gasteiger partial charge on any atom is 0.318 e. The molecule has 2 rings (SSSR count). The molecule has 2 aromatic rings. The van der Waals surface area contributed by atoms with Crippen LogP contribution in [0.1, 0.15) is 5.56 Å². The molecule has 0 atom stereocenters. The van der Waals surface area contributed by atoms with Gasteiger partial charge in [-0.3, -0.25) is 4.79 Å². The molecule has 0 unspecified atom stereocenters. The second-order valence-electron chi connectivity index (χ2n) is 4.71. The number of carbonyl (C=O) groups is 1. The van der Waals surface area contributed by atoms with Gasteiger partial charge in [0.05, 0.1) is 15.8 Å². The number of hydrogen-bond acceptors (Lipinski definition) is 4. The van der Waals surface area contributed by atoms with Crippen molar-refractivity contribution < 1.29 is 23.1 Å². The molecule has 8 heteroatoms. The zero-order chi connectivity index (χ0) is 17.0. The normalized spacial score (nSPS) is 11.2. The van der Waals surface area contributed by atoms with E-state index in [-0.39, 0.29) is 0 Å².